The molecule has 0 saturated carbocycles. The Balaban J connectivity index is 0.00000225. The van der Waals surface area contributed by atoms with E-state index in [9.17, 15) is 4.79 Å². The van der Waals surface area contributed by atoms with Gasteiger partial charge in [-0.3, -0.25) is 9.69 Å². The summed E-state index contributed by atoms with van der Waals surface area (Å²) in [5.74, 6) is 1.46. The predicted octanol–water partition coefficient (Wildman–Crippen LogP) is 3.82. The standard InChI is InChI=1S/C22H26N2O3.ClH/c1-26-11-9-24-16-23(14-19-8-5-10-27-19)15-20-21(24)12-18(13-22(20)25)17-6-3-2-4-7-17;/h2-8,10,18H,9,11-16H2,1H3;1H. The molecule has 5 nitrogen and oxygen atoms in total. The summed E-state index contributed by atoms with van der Waals surface area (Å²) in [7, 11) is 1.72. The molecule has 1 atom stereocenters. The molecule has 0 saturated heterocycles. The highest BCUT2D eigenvalue weighted by atomic mass is 35.5. The van der Waals surface area contributed by atoms with E-state index >= 15 is 0 Å². The van der Waals surface area contributed by atoms with Gasteiger partial charge < -0.3 is 14.1 Å². The van der Waals surface area contributed by atoms with E-state index in [1.807, 2.05) is 18.2 Å². The maximum Gasteiger partial charge on any atom is 0.162 e. The Bertz CT molecular complexity index is 804. The number of Topliss-reactive ketones (excluding diaryl/α,β-unsaturated/α-hetero) is 1. The SMILES string of the molecule is COCCN1CN(Cc2ccco2)CC2=C1CC(c1ccccc1)CC2=O.Cl. The molecule has 1 unspecified atom stereocenters. The van der Waals surface area contributed by atoms with E-state index in [1.165, 1.54) is 11.3 Å². The number of ether oxygens (including phenoxy) is 1. The maximum atomic E-state index is 13.0. The fraction of sp³-hybridized carbons (Fsp3) is 0.409. The lowest BCUT2D eigenvalue weighted by Crippen LogP contribution is -2.47. The van der Waals surface area contributed by atoms with Crippen molar-refractivity contribution in [1.82, 2.24) is 9.80 Å². The molecule has 0 bridgehead atoms. The van der Waals surface area contributed by atoms with Crippen LogP contribution in [0.15, 0.2) is 64.4 Å². The highest BCUT2D eigenvalue weighted by Crippen LogP contribution is 2.38. The van der Waals surface area contributed by atoms with Crippen LogP contribution in [0.25, 0.3) is 0 Å². The Morgan fingerprint density at radius 3 is 2.68 bits per heavy atom. The lowest BCUT2D eigenvalue weighted by atomic mass is 9.80. The summed E-state index contributed by atoms with van der Waals surface area (Å²) in [5, 5.41) is 0. The predicted molar refractivity (Wildman–Crippen MR) is 110 cm³/mol. The van der Waals surface area contributed by atoms with Gasteiger partial charge in [0.1, 0.15) is 5.76 Å². The molecule has 0 amide bonds. The molecule has 6 heteroatoms. The molecule has 150 valence electrons. The van der Waals surface area contributed by atoms with Gasteiger partial charge in [0.2, 0.25) is 0 Å². The molecular weight excluding hydrogens is 376 g/mol. The van der Waals surface area contributed by atoms with Gasteiger partial charge in [-0.1, -0.05) is 30.3 Å². The van der Waals surface area contributed by atoms with Gasteiger partial charge in [0.25, 0.3) is 0 Å². The van der Waals surface area contributed by atoms with E-state index in [0.717, 1.165) is 31.0 Å². The summed E-state index contributed by atoms with van der Waals surface area (Å²) in [4.78, 5) is 17.6. The van der Waals surface area contributed by atoms with Crippen molar-refractivity contribution in [3.05, 3.63) is 71.3 Å². The Hall–Kier alpha value is -2.08. The molecule has 0 spiro atoms. The number of hydrogen-bond donors (Lipinski definition) is 0. The topological polar surface area (TPSA) is 45.9 Å². The first kappa shape index (κ1) is 20.6. The van der Waals surface area contributed by atoms with Gasteiger partial charge in [-0.15, -0.1) is 12.4 Å². The van der Waals surface area contributed by atoms with Gasteiger partial charge in [0.05, 0.1) is 26.1 Å². The van der Waals surface area contributed by atoms with Crippen LogP contribution >= 0.6 is 12.4 Å². The van der Waals surface area contributed by atoms with Crippen molar-refractivity contribution in [2.75, 3.05) is 33.5 Å². The Morgan fingerprint density at radius 2 is 1.96 bits per heavy atom. The number of ketones is 1. The molecule has 2 heterocycles. The number of allylic oxidation sites excluding steroid dienone is 1. The molecule has 1 aliphatic carbocycles. The fourth-order valence-electron chi connectivity index (χ4n) is 4.13. The largest absolute Gasteiger partial charge is 0.468 e. The maximum absolute atomic E-state index is 13.0. The zero-order valence-electron chi connectivity index (χ0n) is 16.2. The summed E-state index contributed by atoms with van der Waals surface area (Å²) in [6.07, 6.45) is 3.21. The van der Waals surface area contributed by atoms with Crippen molar-refractivity contribution < 1.29 is 13.9 Å². The van der Waals surface area contributed by atoms with Crippen molar-refractivity contribution in [3.8, 4) is 0 Å². The third-order valence-electron chi connectivity index (χ3n) is 5.49. The lowest BCUT2D eigenvalue weighted by Gasteiger charge is -2.43. The number of carbonyl (C=O) groups is 1. The van der Waals surface area contributed by atoms with E-state index in [2.05, 4.69) is 34.1 Å². The summed E-state index contributed by atoms with van der Waals surface area (Å²) >= 11 is 0. The molecule has 28 heavy (non-hydrogen) atoms. The number of halogens is 1. The first-order chi connectivity index (χ1) is 13.2. The molecule has 2 aromatic rings. The van der Waals surface area contributed by atoms with Crippen molar-refractivity contribution in [1.29, 1.82) is 0 Å². The van der Waals surface area contributed by atoms with Gasteiger partial charge >= 0.3 is 0 Å². The number of hydrogen-bond acceptors (Lipinski definition) is 5. The molecule has 0 fully saturated rings. The molecule has 0 radical (unpaired) electrons. The van der Waals surface area contributed by atoms with Crippen LogP contribution in [0.3, 0.4) is 0 Å². The van der Waals surface area contributed by atoms with Crippen LogP contribution in [0, 0.1) is 0 Å². The quantitative estimate of drug-likeness (QED) is 0.735. The van der Waals surface area contributed by atoms with Crippen LogP contribution < -0.4 is 0 Å². The number of carbonyl (C=O) groups excluding carboxylic acids is 1. The second-order valence-corrected chi connectivity index (χ2v) is 7.33. The number of furan rings is 1. The number of methoxy groups -OCH3 is 1. The minimum absolute atomic E-state index is 0. The third-order valence-corrected chi connectivity index (χ3v) is 5.49. The normalized spacial score (nSPS) is 20.1. The fourth-order valence-corrected chi connectivity index (χ4v) is 4.13. The molecule has 1 aromatic carbocycles. The summed E-state index contributed by atoms with van der Waals surface area (Å²) in [6.45, 7) is 3.63. The second kappa shape index (κ2) is 9.41. The summed E-state index contributed by atoms with van der Waals surface area (Å²) in [6, 6.07) is 14.3. The highest BCUT2D eigenvalue weighted by molar-refractivity contribution is 5.98. The van der Waals surface area contributed by atoms with Crippen molar-refractivity contribution >= 4 is 18.2 Å². The average Bonchev–Trinajstić information content (AvgIpc) is 3.20. The Kier molecular flexibility index (Phi) is 6.94. The number of benzene rings is 1. The molecule has 4 rings (SSSR count). The van der Waals surface area contributed by atoms with E-state index in [-0.39, 0.29) is 24.1 Å². The minimum atomic E-state index is 0. The van der Waals surface area contributed by atoms with Crippen LogP contribution in [0.2, 0.25) is 0 Å². The van der Waals surface area contributed by atoms with Crippen molar-refractivity contribution in [2.45, 2.75) is 25.3 Å². The van der Waals surface area contributed by atoms with E-state index < -0.39 is 0 Å². The Morgan fingerprint density at radius 1 is 1.14 bits per heavy atom. The van der Waals surface area contributed by atoms with Crippen LogP contribution in [-0.4, -0.2) is 49.1 Å². The van der Waals surface area contributed by atoms with Gasteiger partial charge in [-0.25, -0.2) is 0 Å². The van der Waals surface area contributed by atoms with Crippen LogP contribution in [0.4, 0.5) is 0 Å². The first-order valence-electron chi connectivity index (χ1n) is 9.53. The first-order valence-corrected chi connectivity index (χ1v) is 9.53. The Labute approximate surface area is 172 Å². The second-order valence-electron chi connectivity index (χ2n) is 7.33. The molecule has 1 aromatic heterocycles. The number of nitrogens with zero attached hydrogens (tertiary/aromatic N) is 2. The summed E-state index contributed by atoms with van der Waals surface area (Å²) < 4.78 is 10.8. The van der Waals surface area contributed by atoms with Gasteiger partial charge in [0.15, 0.2) is 5.78 Å². The van der Waals surface area contributed by atoms with Gasteiger partial charge in [-0.2, -0.15) is 0 Å². The average molecular weight is 403 g/mol. The molecule has 2 aliphatic rings. The highest BCUT2D eigenvalue weighted by Gasteiger charge is 2.35. The van der Waals surface area contributed by atoms with Crippen LogP contribution in [0.1, 0.15) is 30.1 Å². The van der Waals surface area contributed by atoms with Gasteiger partial charge in [0, 0.05) is 37.9 Å². The van der Waals surface area contributed by atoms with Crippen molar-refractivity contribution in [3.63, 3.8) is 0 Å². The summed E-state index contributed by atoms with van der Waals surface area (Å²) in [5.41, 5.74) is 3.42. The third kappa shape index (κ3) is 4.49. The van der Waals surface area contributed by atoms with Crippen LogP contribution in [-0.2, 0) is 16.1 Å². The van der Waals surface area contributed by atoms with Crippen molar-refractivity contribution in [2.24, 2.45) is 0 Å². The van der Waals surface area contributed by atoms with E-state index in [0.29, 0.717) is 26.1 Å². The lowest BCUT2D eigenvalue weighted by molar-refractivity contribution is -0.117. The molecular formula is C22H27ClN2O3. The number of rotatable bonds is 6. The van der Waals surface area contributed by atoms with Gasteiger partial charge in [-0.05, 0) is 30.0 Å². The molecule has 1 aliphatic heterocycles. The smallest absolute Gasteiger partial charge is 0.162 e. The van der Waals surface area contributed by atoms with E-state index in [1.54, 1.807) is 13.4 Å². The monoisotopic (exact) mass is 402 g/mol. The molecule has 0 N–H and O–H groups in total. The zero-order valence-corrected chi connectivity index (χ0v) is 17.0. The zero-order chi connectivity index (χ0) is 18.6. The minimum Gasteiger partial charge on any atom is -0.468 e. The van der Waals surface area contributed by atoms with Crippen LogP contribution in [0.5, 0.6) is 0 Å². The van der Waals surface area contributed by atoms with E-state index in [4.69, 9.17) is 9.15 Å².